The minimum absolute atomic E-state index is 0.0328. The van der Waals surface area contributed by atoms with Crippen molar-refractivity contribution in [1.29, 1.82) is 0 Å². The van der Waals surface area contributed by atoms with Crippen molar-refractivity contribution >= 4 is 17.0 Å². The van der Waals surface area contributed by atoms with Gasteiger partial charge in [0.25, 0.3) is 0 Å². The van der Waals surface area contributed by atoms with Gasteiger partial charge in [-0.15, -0.1) is 0 Å². The third-order valence-corrected chi connectivity index (χ3v) is 3.47. The Labute approximate surface area is 106 Å². The SMILES string of the molecule is CCC(CC(=O)O)n1cnc2cc(C)c(C)cc21. The molecule has 0 amide bonds. The van der Waals surface area contributed by atoms with Crippen LogP contribution in [0.3, 0.4) is 0 Å². The maximum Gasteiger partial charge on any atom is 0.305 e. The molecule has 1 heterocycles. The fraction of sp³-hybridized carbons (Fsp3) is 0.429. The van der Waals surface area contributed by atoms with E-state index >= 15 is 0 Å². The van der Waals surface area contributed by atoms with Crippen LogP contribution in [0.15, 0.2) is 18.5 Å². The Morgan fingerprint density at radius 2 is 2.06 bits per heavy atom. The van der Waals surface area contributed by atoms with Crippen LogP contribution in [0.2, 0.25) is 0 Å². The number of carboxylic acids is 1. The van der Waals surface area contributed by atoms with Crippen molar-refractivity contribution in [2.45, 2.75) is 39.7 Å². The highest BCUT2D eigenvalue weighted by Crippen LogP contribution is 2.24. The summed E-state index contributed by atoms with van der Waals surface area (Å²) in [5, 5.41) is 8.95. The summed E-state index contributed by atoms with van der Waals surface area (Å²) in [7, 11) is 0. The lowest BCUT2D eigenvalue weighted by atomic mass is 10.1. The molecular formula is C14H18N2O2. The summed E-state index contributed by atoms with van der Waals surface area (Å²) in [4.78, 5) is 15.3. The van der Waals surface area contributed by atoms with Crippen molar-refractivity contribution < 1.29 is 9.90 Å². The van der Waals surface area contributed by atoms with Crippen LogP contribution in [0, 0.1) is 13.8 Å². The van der Waals surface area contributed by atoms with Gasteiger partial charge in [0.05, 0.1) is 23.8 Å². The van der Waals surface area contributed by atoms with Crippen molar-refractivity contribution in [3.05, 3.63) is 29.6 Å². The number of benzene rings is 1. The van der Waals surface area contributed by atoms with E-state index in [2.05, 4.69) is 31.0 Å². The van der Waals surface area contributed by atoms with E-state index in [1.807, 2.05) is 11.5 Å². The molecule has 0 saturated carbocycles. The maximum absolute atomic E-state index is 10.9. The van der Waals surface area contributed by atoms with Crippen LogP contribution in [0.5, 0.6) is 0 Å². The van der Waals surface area contributed by atoms with Crippen molar-refractivity contribution in [3.63, 3.8) is 0 Å². The smallest absolute Gasteiger partial charge is 0.305 e. The second kappa shape index (κ2) is 4.80. The standard InChI is InChI=1S/C14H18N2O2/c1-4-11(7-14(17)18)16-8-15-12-5-9(2)10(3)6-13(12)16/h5-6,8,11H,4,7H2,1-3H3,(H,17,18). The first kappa shape index (κ1) is 12.6. The van der Waals surface area contributed by atoms with Crippen molar-refractivity contribution in [1.82, 2.24) is 9.55 Å². The van der Waals surface area contributed by atoms with E-state index in [0.717, 1.165) is 17.5 Å². The average molecular weight is 246 g/mol. The zero-order valence-electron chi connectivity index (χ0n) is 11.0. The fourth-order valence-electron chi connectivity index (χ4n) is 2.21. The van der Waals surface area contributed by atoms with E-state index in [1.165, 1.54) is 11.1 Å². The molecule has 96 valence electrons. The summed E-state index contributed by atoms with van der Waals surface area (Å²) in [6, 6.07) is 4.10. The van der Waals surface area contributed by atoms with Gasteiger partial charge in [-0.05, 0) is 43.5 Å². The lowest BCUT2D eigenvalue weighted by Crippen LogP contribution is -2.12. The Hall–Kier alpha value is -1.84. The lowest BCUT2D eigenvalue weighted by molar-refractivity contribution is -0.137. The van der Waals surface area contributed by atoms with Gasteiger partial charge in [-0.25, -0.2) is 4.98 Å². The van der Waals surface area contributed by atoms with Gasteiger partial charge in [0, 0.05) is 6.04 Å². The van der Waals surface area contributed by atoms with Crippen LogP contribution in [-0.2, 0) is 4.79 Å². The third kappa shape index (κ3) is 2.23. The summed E-state index contributed by atoms with van der Waals surface area (Å²) in [6.45, 7) is 6.12. The van der Waals surface area contributed by atoms with Crippen LogP contribution >= 0.6 is 0 Å². The van der Waals surface area contributed by atoms with E-state index in [1.54, 1.807) is 6.33 Å². The monoisotopic (exact) mass is 246 g/mol. The number of carboxylic acid groups (broad SMARTS) is 1. The molecule has 1 N–H and O–H groups in total. The molecule has 1 aromatic carbocycles. The first-order chi connectivity index (χ1) is 8.52. The molecule has 0 spiro atoms. The summed E-state index contributed by atoms with van der Waals surface area (Å²) >= 11 is 0. The van der Waals surface area contributed by atoms with E-state index in [4.69, 9.17) is 5.11 Å². The lowest BCUT2D eigenvalue weighted by Gasteiger charge is -2.15. The van der Waals surface area contributed by atoms with Crippen LogP contribution in [0.4, 0.5) is 0 Å². The fourth-order valence-corrected chi connectivity index (χ4v) is 2.21. The molecule has 0 aliphatic carbocycles. The van der Waals surface area contributed by atoms with Gasteiger partial charge in [0.2, 0.25) is 0 Å². The number of rotatable bonds is 4. The normalized spacial score (nSPS) is 12.8. The van der Waals surface area contributed by atoms with Gasteiger partial charge < -0.3 is 9.67 Å². The van der Waals surface area contributed by atoms with Crippen LogP contribution < -0.4 is 0 Å². The molecule has 1 atom stereocenters. The van der Waals surface area contributed by atoms with E-state index in [0.29, 0.717) is 0 Å². The number of aromatic nitrogens is 2. The van der Waals surface area contributed by atoms with E-state index < -0.39 is 5.97 Å². The Bertz CT molecular complexity index is 587. The topological polar surface area (TPSA) is 55.1 Å². The van der Waals surface area contributed by atoms with Gasteiger partial charge in [0.15, 0.2) is 0 Å². The predicted molar refractivity (Wildman–Crippen MR) is 70.8 cm³/mol. The number of hydrogen-bond donors (Lipinski definition) is 1. The Balaban J connectivity index is 2.50. The molecule has 0 fully saturated rings. The van der Waals surface area contributed by atoms with Gasteiger partial charge in [-0.2, -0.15) is 0 Å². The molecule has 0 aliphatic rings. The zero-order valence-corrected chi connectivity index (χ0v) is 11.0. The molecule has 1 unspecified atom stereocenters. The second-order valence-corrected chi connectivity index (χ2v) is 4.74. The van der Waals surface area contributed by atoms with E-state index in [9.17, 15) is 4.79 Å². The summed E-state index contributed by atoms with van der Waals surface area (Å²) < 4.78 is 1.98. The highest BCUT2D eigenvalue weighted by Gasteiger charge is 2.16. The van der Waals surface area contributed by atoms with Crippen molar-refractivity contribution in [3.8, 4) is 0 Å². The summed E-state index contributed by atoms with van der Waals surface area (Å²) in [5.74, 6) is -0.771. The molecule has 4 heteroatoms. The highest BCUT2D eigenvalue weighted by atomic mass is 16.4. The minimum Gasteiger partial charge on any atom is -0.481 e. The molecule has 0 radical (unpaired) electrons. The van der Waals surface area contributed by atoms with Gasteiger partial charge in [-0.3, -0.25) is 4.79 Å². The zero-order chi connectivity index (χ0) is 13.3. The van der Waals surface area contributed by atoms with Crippen LogP contribution in [0.1, 0.15) is 36.9 Å². The van der Waals surface area contributed by atoms with Crippen LogP contribution in [0.25, 0.3) is 11.0 Å². The number of nitrogens with zero attached hydrogens (tertiary/aromatic N) is 2. The first-order valence-corrected chi connectivity index (χ1v) is 6.18. The number of carbonyl (C=O) groups is 1. The number of fused-ring (bicyclic) bond motifs is 1. The minimum atomic E-state index is -0.771. The third-order valence-electron chi connectivity index (χ3n) is 3.47. The van der Waals surface area contributed by atoms with Crippen molar-refractivity contribution in [2.24, 2.45) is 0 Å². The van der Waals surface area contributed by atoms with E-state index in [-0.39, 0.29) is 12.5 Å². The molecule has 0 saturated heterocycles. The first-order valence-electron chi connectivity index (χ1n) is 6.18. The Morgan fingerprint density at radius 1 is 1.39 bits per heavy atom. The highest BCUT2D eigenvalue weighted by molar-refractivity contribution is 5.78. The number of aryl methyl sites for hydroxylation is 2. The van der Waals surface area contributed by atoms with Gasteiger partial charge in [0.1, 0.15) is 0 Å². The quantitative estimate of drug-likeness (QED) is 0.902. The average Bonchev–Trinajstić information content (AvgIpc) is 2.69. The number of hydrogen-bond acceptors (Lipinski definition) is 2. The van der Waals surface area contributed by atoms with Crippen molar-refractivity contribution in [2.75, 3.05) is 0 Å². The summed E-state index contributed by atoms with van der Waals surface area (Å²) in [5.41, 5.74) is 4.36. The summed E-state index contributed by atoms with van der Waals surface area (Å²) in [6.07, 6.45) is 2.67. The molecule has 18 heavy (non-hydrogen) atoms. The Kier molecular flexibility index (Phi) is 3.36. The molecule has 4 nitrogen and oxygen atoms in total. The Morgan fingerprint density at radius 3 is 2.67 bits per heavy atom. The maximum atomic E-state index is 10.9. The molecule has 1 aromatic heterocycles. The molecule has 0 aliphatic heterocycles. The molecule has 2 aromatic rings. The molecule has 0 bridgehead atoms. The van der Waals surface area contributed by atoms with Gasteiger partial charge in [-0.1, -0.05) is 6.92 Å². The molecular weight excluding hydrogens is 228 g/mol. The number of aliphatic carboxylic acids is 1. The second-order valence-electron chi connectivity index (χ2n) is 4.74. The van der Waals surface area contributed by atoms with Gasteiger partial charge >= 0.3 is 5.97 Å². The van der Waals surface area contributed by atoms with Crippen LogP contribution in [-0.4, -0.2) is 20.6 Å². The predicted octanol–water partition coefficient (Wildman–Crippen LogP) is 3.08. The molecule has 2 rings (SSSR count). The number of imidazole rings is 1. The largest absolute Gasteiger partial charge is 0.481 e.